The van der Waals surface area contributed by atoms with E-state index in [2.05, 4.69) is 5.73 Å². The Kier molecular flexibility index (Phi) is 2.03. The highest BCUT2D eigenvalue weighted by molar-refractivity contribution is 3.99. The molecule has 0 radical (unpaired) electrons. The average Bonchev–Trinajstić information content (AvgIpc) is 1.38. The van der Waals surface area contributed by atoms with Crippen LogP contribution in [0.2, 0.25) is 0 Å². The molecule has 0 saturated carbocycles. The Labute approximate surface area is 29.3 Å². The molecule has 0 rings (SSSR count). The van der Waals surface area contributed by atoms with Gasteiger partial charge in [0.05, 0.1) is 6.67 Å². The Morgan fingerprint density at radius 2 is 1.80 bits per heavy atom. The summed E-state index contributed by atoms with van der Waals surface area (Å²) in [7, 11) is 0. The second-order valence-electron chi connectivity index (χ2n) is 0.555. The first-order valence-corrected chi connectivity index (χ1v) is 1.12. The molecule has 5 heavy (non-hydrogen) atoms. The van der Waals surface area contributed by atoms with Gasteiger partial charge in [-0.2, -0.15) is 0 Å². The lowest BCUT2D eigenvalue weighted by Gasteiger charge is -1.95. The number of hydroxylamine groups is 2. The molecular formula is CH6N2O2. The summed E-state index contributed by atoms with van der Waals surface area (Å²) in [6, 6.07) is 0. The molecule has 0 aromatic heterocycles. The normalized spacial score (nSPS) is 9.60. The zero-order valence-electron chi connectivity index (χ0n) is 2.63. The van der Waals surface area contributed by atoms with E-state index in [0.717, 1.165) is 0 Å². The van der Waals surface area contributed by atoms with Crippen LogP contribution >= 0.6 is 0 Å². The Morgan fingerprint density at radius 3 is 1.80 bits per heavy atom. The van der Waals surface area contributed by atoms with E-state index in [0.29, 0.717) is 0 Å². The molecule has 0 aromatic rings. The monoisotopic (exact) mass is 78.0 g/mol. The summed E-state index contributed by atoms with van der Waals surface area (Å²) in [5.74, 6) is 0. The fraction of sp³-hybridized carbons (Fsp3) is 1.00. The maximum absolute atomic E-state index is 7.62. The van der Waals surface area contributed by atoms with E-state index in [1.54, 1.807) is 0 Å². The topological polar surface area (TPSA) is 69.7 Å². The van der Waals surface area contributed by atoms with Gasteiger partial charge in [0, 0.05) is 0 Å². The molecule has 0 fully saturated rings. The molecule has 0 aliphatic heterocycles. The third-order valence-corrected chi connectivity index (χ3v) is 0.163. The largest absolute Gasteiger partial charge is 0.314 e. The summed E-state index contributed by atoms with van der Waals surface area (Å²) in [5.41, 5.74) is 4.60. The summed E-state index contributed by atoms with van der Waals surface area (Å²) < 4.78 is 0. The predicted molar refractivity (Wildman–Crippen MR) is 14.5 cm³/mol. The lowest BCUT2D eigenvalue weighted by atomic mass is 11.2. The fourth-order valence-electron chi connectivity index (χ4n) is 0. The van der Waals surface area contributed by atoms with Crippen molar-refractivity contribution in [2.75, 3.05) is 6.67 Å². The van der Waals surface area contributed by atoms with Gasteiger partial charge < -0.3 is 5.73 Å². The molecule has 0 spiro atoms. The van der Waals surface area contributed by atoms with Crippen molar-refractivity contribution >= 4 is 0 Å². The minimum absolute atomic E-state index is 0.0972. The lowest BCUT2D eigenvalue weighted by Crippen LogP contribution is -2.21. The quantitative estimate of drug-likeness (QED) is 0.277. The summed E-state index contributed by atoms with van der Waals surface area (Å²) in [4.78, 5) is 0. The van der Waals surface area contributed by atoms with Gasteiger partial charge in [-0.15, -0.1) is 0 Å². The molecule has 0 heterocycles. The Hall–Kier alpha value is -0.160. The standard InChI is InChI=1S/CH6N2O2/c2-1-3(4)5/h4-5H,1-2H2. The third-order valence-electron chi connectivity index (χ3n) is 0.163. The molecule has 0 aliphatic carbocycles. The van der Waals surface area contributed by atoms with Crippen LogP contribution in [0.3, 0.4) is 0 Å². The summed E-state index contributed by atoms with van der Waals surface area (Å²) in [5, 5.41) is 15.2. The Balaban J connectivity index is 2.54. The van der Waals surface area contributed by atoms with E-state index in [-0.39, 0.29) is 11.9 Å². The second-order valence-corrected chi connectivity index (χ2v) is 0.555. The SMILES string of the molecule is NCN(O)O. The predicted octanol–water partition coefficient (Wildman–Crippen LogP) is -1.02. The van der Waals surface area contributed by atoms with Crippen molar-refractivity contribution in [1.82, 2.24) is 5.23 Å². The van der Waals surface area contributed by atoms with Gasteiger partial charge in [0.1, 0.15) is 0 Å². The van der Waals surface area contributed by atoms with Crippen LogP contribution < -0.4 is 5.73 Å². The molecule has 0 amide bonds. The Bertz CT molecular complexity index is 21.6. The first-order valence-electron chi connectivity index (χ1n) is 1.12. The Morgan fingerprint density at radius 1 is 1.60 bits per heavy atom. The first-order chi connectivity index (χ1) is 2.27. The van der Waals surface area contributed by atoms with Gasteiger partial charge in [0.2, 0.25) is 0 Å². The minimum atomic E-state index is -0.250. The van der Waals surface area contributed by atoms with Crippen LogP contribution in [0.4, 0.5) is 0 Å². The van der Waals surface area contributed by atoms with Crippen molar-refractivity contribution < 1.29 is 10.4 Å². The molecule has 0 aromatic carbocycles. The van der Waals surface area contributed by atoms with Crippen LogP contribution in [0.5, 0.6) is 0 Å². The van der Waals surface area contributed by atoms with Crippen molar-refractivity contribution in [3.05, 3.63) is 0 Å². The van der Waals surface area contributed by atoms with Gasteiger partial charge in [-0.05, 0) is 0 Å². The van der Waals surface area contributed by atoms with Gasteiger partial charge in [0.15, 0.2) is 0 Å². The highest BCUT2D eigenvalue weighted by Gasteiger charge is 1.76. The molecular weight excluding hydrogens is 72.0 g/mol. The number of nitrogens with two attached hydrogens (primary N) is 1. The van der Waals surface area contributed by atoms with E-state index in [1.807, 2.05) is 0 Å². The fourth-order valence-corrected chi connectivity index (χ4v) is 0. The summed E-state index contributed by atoms with van der Waals surface area (Å²) in [6.45, 7) is -0.250. The lowest BCUT2D eigenvalue weighted by molar-refractivity contribution is -0.305. The summed E-state index contributed by atoms with van der Waals surface area (Å²) >= 11 is 0. The van der Waals surface area contributed by atoms with Crippen LogP contribution in [-0.4, -0.2) is 22.3 Å². The molecule has 4 heteroatoms. The molecule has 0 atom stereocenters. The third kappa shape index (κ3) is 3.84. The van der Waals surface area contributed by atoms with Crippen molar-refractivity contribution in [1.29, 1.82) is 0 Å². The highest BCUT2D eigenvalue weighted by Crippen LogP contribution is 1.53. The molecule has 0 unspecified atom stereocenters. The number of nitrogens with zero attached hydrogens (tertiary/aromatic N) is 1. The van der Waals surface area contributed by atoms with Crippen molar-refractivity contribution in [2.24, 2.45) is 5.73 Å². The minimum Gasteiger partial charge on any atom is -0.314 e. The smallest absolute Gasteiger partial charge is 0.0982 e. The summed E-state index contributed by atoms with van der Waals surface area (Å²) in [6.07, 6.45) is 0. The first kappa shape index (κ1) is 4.84. The van der Waals surface area contributed by atoms with Crippen molar-refractivity contribution in [2.45, 2.75) is 0 Å². The molecule has 4 nitrogen and oxygen atoms in total. The van der Waals surface area contributed by atoms with Crippen LogP contribution in [0.15, 0.2) is 0 Å². The maximum Gasteiger partial charge on any atom is 0.0982 e. The van der Waals surface area contributed by atoms with Gasteiger partial charge in [-0.25, -0.2) is 0 Å². The van der Waals surface area contributed by atoms with E-state index >= 15 is 0 Å². The average molecular weight is 78.1 g/mol. The van der Waals surface area contributed by atoms with Crippen molar-refractivity contribution in [3.8, 4) is 0 Å². The highest BCUT2D eigenvalue weighted by atomic mass is 16.8. The van der Waals surface area contributed by atoms with E-state index in [4.69, 9.17) is 10.4 Å². The zero-order chi connectivity index (χ0) is 4.28. The van der Waals surface area contributed by atoms with Gasteiger partial charge in [-0.3, -0.25) is 10.4 Å². The van der Waals surface area contributed by atoms with E-state index in [9.17, 15) is 0 Å². The molecule has 0 saturated heterocycles. The second kappa shape index (κ2) is 2.10. The molecule has 0 bridgehead atoms. The van der Waals surface area contributed by atoms with Crippen LogP contribution in [0, 0.1) is 0 Å². The number of hydrogen-bond acceptors (Lipinski definition) is 4. The van der Waals surface area contributed by atoms with Crippen LogP contribution in [0.1, 0.15) is 0 Å². The van der Waals surface area contributed by atoms with Gasteiger partial charge >= 0.3 is 0 Å². The van der Waals surface area contributed by atoms with E-state index < -0.39 is 0 Å². The molecule has 4 N–H and O–H groups in total. The van der Waals surface area contributed by atoms with Crippen LogP contribution in [-0.2, 0) is 0 Å². The van der Waals surface area contributed by atoms with E-state index in [1.165, 1.54) is 0 Å². The maximum atomic E-state index is 7.62. The number of hydrogen-bond donors (Lipinski definition) is 3. The van der Waals surface area contributed by atoms with Crippen LogP contribution in [0.25, 0.3) is 0 Å². The van der Waals surface area contributed by atoms with Gasteiger partial charge in [-0.1, -0.05) is 5.23 Å². The number of rotatable bonds is 1. The zero-order valence-corrected chi connectivity index (χ0v) is 2.63. The van der Waals surface area contributed by atoms with Crippen molar-refractivity contribution in [3.63, 3.8) is 0 Å². The van der Waals surface area contributed by atoms with Gasteiger partial charge in [0.25, 0.3) is 0 Å². The molecule has 32 valence electrons. The molecule has 0 aliphatic rings.